The molecule has 0 radical (unpaired) electrons. The second-order valence-corrected chi connectivity index (χ2v) is 7.79. The van der Waals surface area contributed by atoms with Gasteiger partial charge in [0.15, 0.2) is 0 Å². The number of rotatable bonds is 5. The molecule has 0 heterocycles. The highest BCUT2D eigenvalue weighted by molar-refractivity contribution is 9.09. The van der Waals surface area contributed by atoms with Crippen LogP contribution in [0.4, 0.5) is 0 Å². The predicted octanol–water partition coefficient (Wildman–Crippen LogP) is 6.58. The molecule has 1 atom stereocenters. The Morgan fingerprint density at radius 1 is 0.952 bits per heavy atom. The van der Waals surface area contributed by atoms with E-state index in [1.807, 2.05) is 0 Å². The van der Waals surface area contributed by atoms with Gasteiger partial charge in [-0.3, -0.25) is 0 Å². The van der Waals surface area contributed by atoms with Crippen LogP contribution in [0.2, 0.25) is 0 Å². The van der Waals surface area contributed by atoms with Crippen LogP contribution < -0.4 is 0 Å². The van der Waals surface area contributed by atoms with E-state index < -0.39 is 0 Å². The minimum absolute atomic E-state index is 0.250. The number of hydrogen-bond donors (Lipinski definition) is 0. The van der Waals surface area contributed by atoms with Crippen LogP contribution in [0.15, 0.2) is 53.4 Å². The number of benzene rings is 2. The van der Waals surface area contributed by atoms with Crippen LogP contribution >= 0.6 is 27.7 Å². The molecule has 0 nitrogen and oxygen atoms in total. The predicted molar refractivity (Wildman–Crippen MR) is 98.8 cm³/mol. The molecule has 0 aliphatic carbocycles. The largest absolute Gasteiger partial charge is 0.130 e. The number of thioether (sulfide) groups is 1. The van der Waals surface area contributed by atoms with Gasteiger partial charge >= 0.3 is 0 Å². The zero-order valence-corrected chi connectivity index (χ0v) is 15.6. The molecule has 112 valence electrons. The summed E-state index contributed by atoms with van der Waals surface area (Å²) >= 11 is 5.60. The van der Waals surface area contributed by atoms with Gasteiger partial charge in [-0.1, -0.05) is 73.1 Å². The molecule has 0 bridgehead atoms. The molecule has 0 spiro atoms. The van der Waals surface area contributed by atoms with Crippen molar-refractivity contribution in [2.45, 2.75) is 42.3 Å². The molecule has 0 fully saturated rings. The van der Waals surface area contributed by atoms with Crippen molar-refractivity contribution in [1.29, 1.82) is 0 Å². The third-order valence-corrected chi connectivity index (χ3v) is 6.08. The highest BCUT2D eigenvalue weighted by Gasteiger charge is 2.18. The number of halogens is 1. The molecule has 0 N–H and O–H groups in total. The molecule has 2 rings (SSSR count). The highest BCUT2D eigenvalue weighted by atomic mass is 79.9. The van der Waals surface area contributed by atoms with E-state index in [0.29, 0.717) is 0 Å². The Hall–Kier alpha value is -0.730. The Morgan fingerprint density at radius 2 is 1.43 bits per heavy atom. The first kappa shape index (κ1) is 16.6. The minimum atomic E-state index is 0.250. The third-order valence-electron chi connectivity index (χ3n) is 4.28. The van der Waals surface area contributed by atoms with Crippen molar-refractivity contribution < 1.29 is 0 Å². The smallest absolute Gasteiger partial charge is 0.0644 e. The van der Waals surface area contributed by atoms with Gasteiger partial charge in [-0.15, -0.1) is 11.8 Å². The van der Waals surface area contributed by atoms with Crippen LogP contribution in [-0.2, 0) is 5.41 Å². The van der Waals surface area contributed by atoms with Gasteiger partial charge in [0.2, 0.25) is 0 Å². The van der Waals surface area contributed by atoms with Gasteiger partial charge in [-0.05, 0) is 46.9 Å². The lowest BCUT2D eigenvalue weighted by atomic mass is 9.82. The quantitative estimate of drug-likeness (QED) is 0.427. The summed E-state index contributed by atoms with van der Waals surface area (Å²) in [6.07, 6.45) is 3.26. The zero-order chi connectivity index (χ0) is 15.5. The topological polar surface area (TPSA) is 0 Å². The third kappa shape index (κ3) is 3.92. The summed E-state index contributed by atoms with van der Waals surface area (Å²) < 4.78 is 0. The molecule has 0 aliphatic heterocycles. The maximum atomic E-state index is 3.83. The normalized spacial score (nSPS) is 13.2. The van der Waals surface area contributed by atoms with Gasteiger partial charge in [0, 0.05) is 4.90 Å². The highest BCUT2D eigenvalue weighted by Crippen LogP contribution is 2.34. The maximum Gasteiger partial charge on any atom is 0.0644 e. The fourth-order valence-corrected chi connectivity index (χ4v) is 3.29. The van der Waals surface area contributed by atoms with Crippen LogP contribution in [0.1, 0.15) is 48.7 Å². The van der Waals surface area contributed by atoms with Crippen LogP contribution in [0.3, 0.4) is 0 Å². The summed E-state index contributed by atoms with van der Waals surface area (Å²) in [7, 11) is 0. The lowest BCUT2D eigenvalue weighted by Crippen LogP contribution is -2.15. The van der Waals surface area contributed by atoms with Gasteiger partial charge in [0.25, 0.3) is 0 Å². The molecule has 0 saturated heterocycles. The molecule has 0 saturated carbocycles. The van der Waals surface area contributed by atoms with E-state index in [-0.39, 0.29) is 10.2 Å². The minimum Gasteiger partial charge on any atom is -0.130 e. The molecule has 0 aliphatic rings. The first-order chi connectivity index (χ1) is 9.97. The maximum absolute atomic E-state index is 3.83. The van der Waals surface area contributed by atoms with Crippen molar-refractivity contribution in [2.24, 2.45) is 0 Å². The van der Waals surface area contributed by atoms with Gasteiger partial charge in [-0.2, -0.15) is 0 Å². The second kappa shape index (κ2) is 7.02. The van der Waals surface area contributed by atoms with E-state index >= 15 is 0 Å². The number of hydrogen-bond acceptors (Lipinski definition) is 1. The first-order valence-electron chi connectivity index (χ1n) is 7.36. The SMILES string of the molecule is CCC(C)(C)c1ccc(C(Br)c2ccc(SC)cc2)cc1. The van der Waals surface area contributed by atoms with Crippen molar-refractivity contribution in [1.82, 2.24) is 0 Å². The average molecular weight is 363 g/mol. The molecular formula is C19H23BrS. The molecule has 0 amide bonds. The zero-order valence-electron chi connectivity index (χ0n) is 13.2. The van der Waals surface area contributed by atoms with E-state index in [1.165, 1.54) is 21.6 Å². The van der Waals surface area contributed by atoms with Gasteiger partial charge in [0.1, 0.15) is 0 Å². The lowest BCUT2D eigenvalue weighted by molar-refractivity contribution is 0.506. The fraction of sp³-hybridized carbons (Fsp3) is 0.368. The Morgan fingerprint density at radius 3 is 1.86 bits per heavy atom. The molecule has 2 aromatic rings. The molecule has 1 unspecified atom stereocenters. The summed E-state index contributed by atoms with van der Waals surface area (Å²) in [5.41, 5.74) is 4.27. The second-order valence-electron chi connectivity index (χ2n) is 6.00. The van der Waals surface area contributed by atoms with Crippen LogP contribution in [-0.4, -0.2) is 6.26 Å². The number of alkyl halides is 1. The van der Waals surface area contributed by atoms with Gasteiger partial charge in [0.05, 0.1) is 4.83 Å². The summed E-state index contributed by atoms with van der Waals surface area (Å²) in [6, 6.07) is 17.8. The first-order valence-corrected chi connectivity index (χ1v) is 9.50. The van der Waals surface area contributed by atoms with E-state index in [0.717, 1.165) is 6.42 Å². The fourth-order valence-electron chi connectivity index (χ4n) is 2.27. The van der Waals surface area contributed by atoms with E-state index in [4.69, 9.17) is 0 Å². The Labute approximate surface area is 141 Å². The van der Waals surface area contributed by atoms with Crippen molar-refractivity contribution >= 4 is 27.7 Å². The van der Waals surface area contributed by atoms with Crippen molar-refractivity contribution in [2.75, 3.05) is 6.26 Å². The van der Waals surface area contributed by atoms with Crippen molar-refractivity contribution in [3.63, 3.8) is 0 Å². The Bertz CT molecular complexity index is 570. The summed E-state index contributed by atoms with van der Waals surface area (Å²) in [5.74, 6) is 0. The van der Waals surface area contributed by atoms with Gasteiger partial charge < -0.3 is 0 Å². The standard InChI is InChI=1S/C19H23BrS/c1-5-19(2,3)16-10-6-14(7-11-16)18(20)15-8-12-17(21-4)13-9-15/h6-13,18H,5H2,1-4H3. The Balaban J connectivity index is 2.21. The summed E-state index contributed by atoms with van der Waals surface area (Å²) in [4.78, 5) is 1.56. The molecule has 2 aromatic carbocycles. The molecular weight excluding hydrogens is 340 g/mol. The molecule has 2 heteroatoms. The van der Waals surface area contributed by atoms with E-state index in [1.54, 1.807) is 11.8 Å². The van der Waals surface area contributed by atoms with E-state index in [9.17, 15) is 0 Å². The van der Waals surface area contributed by atoms with Crippen LogP contribution in [0, 0.1) is 0 Å². The lowest BCUT2D eigenvalue weighted by Gasteiger charge is -2.24. The summed E-state index contributed by atoms with van der Waals surface area (Å²) in [5, 5.41) is 0. The van der Waals surface area contributed by atoms with Crippen molar-refractivity contribution in [3.8, 4) is 0 Å². The Kier molecular flexibility index (Phi) is 5.56. The van der Waals surface area contributed by atoms with Crippen molar-refractivity contribution in [3.05, 3.63) is 65.2 Å². The molecule has 21 heavy (non-hydrogen) atoms. The van der Waals surface area contributed by atoms with Gasteiger partial charge in [-0.25, -0.2) is 0 Å². The van der Waals surface area contributed by atoms with Crippen LogP contribution in [0.5, 0.6) is 0 Å². The summed E-state index contributed by atoms with van der Waals surface area (Å²) in [6.45, 7) is 6.85. The van der Waals surface area contributed by atoms with Crippen LogP contribution in [0.25, 0.3) is 0 Å². The average Bonchev–Trinajstić information content (AvgIpc) is 2.54. The molecule has 0 aromatic heterocycles. The monoisotopic (exact) mass is 362 g/mol. The van der Waals surface area contributed by atoms with E-state index in [2.05, 4.69) is 91.5 Å².